The summed E-state index contributed by atoms with van der Waals surface area (Å²) in [4.78, 5) is 36.4. The fourth-order valence-electron chi connectivity index (χ4n) is 5.41. The van der Waals surface area contributed by atoms with Gasteiger partial charge in [-0.05, 0) is 26.7 Å². The van der Waals surface area contributed by atoms with Gasteiger partial charge in [-0.15, -0.1) is 0 Å². The number of hydrogen-bond donors (Lipinski definition) is 2. The molecule has 0 aromatic heterocycles. The van der Waals surface area contributed by atoms with Gasteiger partial charge in [0.05, 0.1) is 11.5 Å². The second-order valence-electron chi connectivity index (χ2n) is 8.85. The third kappa shape index (κ3) is 3.18. The predicted molar refractivity (Wildman–Crippen MR) is 100 cm³/mol. The summed E-state index contributed by atoms with van der Waals surface area (Å²) in [5.41, 5.74) is -2.39. The quantitative estimate of drug-likeness (QED) is 0.404. The molecule has 8 unspecified atom stereocenters. The van der Waals surface area contributed by atoms with E-state index in [1.807, 2.05) is 0 Å². The minimum absolute atomic E-state index is 0.0704. The van der Waals surface area contributed by atoms with E-state index in [9.17, 15) is 24.6 Å². The van der Waals surface area contributed by atoms with Gasteiger partial charge in [-0.3, -0.25) is 4.79 Å². The first-order valence-electron chi connectivity index (χ1n) is 9.66. The van der Waals surface area contributed by atoms with Crippen molar-refractivity contribution in [1.29, 1.82) is 0 Å². The average Bonchev–Trinajstić information content (AvgIpc) is 2.90. The molecule has 1 saturated heterocycles. The van der Waals surface area contributed by atoms with Crippen LogP contribution < -0.4 is 0 Å². The molecule has 1 aliphatic heterocycles. The molecule has 0 aromatic rings. The van der Waals surface area contributed by atoms with Crippen LogP contribution in [0.15, 0.2) is 24.3 Å². The fourth-order valence-corrected chi connectivity index (χ4v) is 5.41. The van der Waals surface area contributed by atoms with Gasteiger partial charge in [0.2, 0.25) is 0 Å². The van der Waals surface area contributed by atoms with Gasteiger partial charge in [0.15, 0.2) is 0 Å². The predicted octanol–water partition coefficient (Wildman–Crippen LogP) is 1.05. The minimum atomic E-state index is -1.37. The molecule has 1 heterocycles. The van der Waals surface area contributed by atoms with Crippen LogP contribution in [0.25, 0.3) is 0 Å². The van der Waals surface area contributed by atoms with Gasteiger partial charge in [-0.2, -0.15) is 0 Å². The zero-order valence-corrected chi connectivity index (χ0v) is 17.1. The highest BCUT2D eigenvalue weighted by Gasteiger charge is 2.71. The van der Waals surface area contributed by atoms with Crippen LogP contribution in [-0.4, -0.2) is 58.1 Å². The van der Waals surface area contributed by atoms with E-state index in [-0.39, 0.29) is 17.6 Å². The summed E-state index contributed by atoms with van der Waals surface area (Å²) in [6, 6.07) is 0. The van der Waals surface area contributed by atoms with Crippen molar-refractivity contribution in [2.24, 2.45) is 17.3 Å². The average molecular weight is 408 g/mol. The maximum absolute atomic E-state index is 12.4. The van der Waals surface area contributed by atoms with Crippen LogP contribution in [0, 0.1) is 17.3 Å². The number of fused-ring (bicyclic) bond motifs is 2. The summed E-state index contributed by atoms with van der Waals surface area (Å²) < 4.78 is 16.6. The lowest BCUT2D eigenvalue weighted by Crippen LogP contribution is -2.72. The van der Waals surface area contributed by atoms with Crippen molar-refractivity contribution in [2.45, 2.75) is 70.6 Å². The van der Waals surface area contributed by atoms with Gasteiger partial charge in [0.1, 0.15) is 24.4 Å². The summed E-state index contributed by atoms with van der Waals surface area (Å²) in [5.74, 6) is -3.60. The van der Waals surface area contributed by atoms with Gasteiger partial charge >= 0.3 is 17.9 Å². The molecule has 0 amide bonds. The third-order valence-corrected chi connectivity index (χ3v) is 6.74. The Balaban J connectivity index is 2.16. The Morgan fingerprint density at radius 2 is 1.86 bits per heavy atom. The number of hydrogen-bond acceptors (Lipinski definition) is 8. The lowest BCUT2D eigenvalue weighted by Gasteiger charge is -2.61. The highest BCUT2D eigenvalue weighted by Crippen LogP contribution is 2.60. The normalized spacial score (nSPS) is 43.7. The molecule has 0 radical (unpaired) electrons. The molecule has 0 spiro atoms. The van der Waals surface area contributed by atoms with Crippen molar-refractivity contribution < 1.29 is 38.8 Å². The molecule has 160 valence electrons. The van der Waals surface area contributed by atoms with E-state index in [0.29, 0.717) is 6.42 Å². The summed E-state index contributed by atoms with van der Waals surface area (Å²) in [6.45, 7) is 13.4. The second-order valence-corrected chi connectivity index (χ2v) is 8.85. The summed E-state index contributed by atoms with van der Waals surface area (Å²) in [6.07, 6.45) is -3.55. The zero-order valence-electron chi connectivity index (χ0n) is 17.1. The van der Waals surface area contributed by atoms with Crippen LogP contribution >= 0.6 is 0 Å². The molecule has 0 bridgehead atoms. The molecule has 8 atom stereocenters. The number of esters is 3. The highest BCUT2D eigenvalue weighted by molar-refractivity contribution is 5.92. The first kappa shape index (κ1) is 21.5. The summed E-state index contributed by atoms with van der Waals surface area (Å²) >= 11 is 0. The maximum Gasteiger partial charge on any atom is 0.334 e. The van der Waals surface area contributed by atoms with Crippen LogP contribution in [0.1, 0.15) is 40.5 Å². The number of aliphatic hydroxyl groups is 2. The molecule has 2 N–H and O–H groups in total. The minimum Gasteiger partial charge on any atom is -0.462 e. The van der Waals surface area contributed by atoms with E-state index < -0.39 is 65.2 Å². The van der Waals surface area contributed by atoms with Crippen molar-refractivity contribution in [3.05, 3.63) is 24.3 Å². The van der Waals surface area contributed by atoms with Crippen molar-refractivity contribution >= 4 is 17.9 Å². The Morgan fingerprint density at radius 1 is 1.24 bits per heavy atom. The van der Waals surface area contributed by atoms with Crippen LogP contribution in [-0.2, 0) is 28.6 Å². The van der Waals surface area contributed by atoms with Crippen LogP contribution in [0.3, 0.4) is 0 Å². The van der Waals surface area contributed by atoms with Gasteiger partial charge in [0.25, 0.3) is 0 Å². The molecular weight excluding hydrogens is 380 g/mol. The van der Waals surface area contributed by atoms with Gasteiger partial charge in [-0.1, -0.05) is 20.1 Å². The van der Waals surface area contributed by atoms with E-state index in [1.165, 1.54) is 13.8 Å². The molecule has 3 aliphatic rings. The highest BCUT2D eigenvalue weighted by atomic mass is 16.6. The van der Waals surface area contributed by atoms with E-state index >= 15 is 0 Å². The van der Waals surface area contributed by atoms with Crippen molar-refractivity contribution in [3.8, 4) is 0 Å². The van der Waals surface area contributed by atoms with Gasteiger partial charge in [0, 0.05) is 29.4 Å². The molecule has 2 aliphatic carbocycles. The Bertz CT molecular complexity index is 784. The smallest absolute Gasteiger partial charge is 0.334 e. The van der Waals surface area contributed by atoms with E-state index in [1.54, 1.807) is 13.8 Å². The molecule has 3 fully saturated rings. The molecule has 8 heteroatoms. The maximum atomic E-state index is 12.4. The topological polar surface area (TPSA) is 119 Å². The standard InChI is InChI=1S/C21H28O8/c1-9(2)18(24)28-14-13-10(3)19(25)29-15(13)17(23)21(6)12(27-11(4)22)7-8-20(5,26)16(14)21/h12-17,23,26H,1,3,7-8H2,2,4-6H3. The summed E-state index contributed by atoms with van der Waals surface area (Å²) in [5, 5.41) is 22.5. The molecule has 29 heavy (non-hydrogen) atoms. The van der Waals surface area contributed by atoms with Crippen molar-refractivity contribution in [3.63, 3.8) is 0 Å². The Hall–Kier alpha value is -2.19. The first-order chi connectivity index (χ1) is 13.3. The number of ether oxygens (including phenoxy) is 3. The lowest BCUT2D eigenvalue weighted by atomic mass is 9.49. The van der Waals surface area contributed by atoms with Crippen LogP contribution in [0.4, 0.5) is 0 Å². The zero-order chi connectivity index (χ0) is 21.9. The summed E-state index contributed by atoms with van der Waals surface area (Å²) in [7, 11) is 0. The molecule has 2 saturated carbocycles. The van der Waals surface area contributed by atoms with E-state index in [4.69, 9.17) is 14.2 Å². The second kappa shape index (κ2) is 6.95. The van der Waals surface area contributed by atoms with Crippen LogP contribution in [0.2, 0.25) is 0 Å². The molecular formula is C21H28O8. The lowest BCUT2D eigenvalue weighted by molar-refractivity contribution is -0.275. The monoisotopic (exact) mass is 408 g/mol. The van der Waals surface area contributed by atoms with Gasteiger partial charge in [-0.25, -0.2) is 9.59 Å². The first-order valence-corrected chi connectivity index (χ1v) is 9.66. The van der Waals surface area contributed by atoms with Crippen molar-refractivity contribution in [2.75, 3.05) is 0 Å². The number of carbonyl (C=O) groups is 3. The molecule has 3 rings (SSSR count). The van der Waals surface area contributed by atoms with Gasteiger partial charge < -0.3 is 24.4 Å². The number of aliphatic hydroxyl groups excluding tert-OH is 1. The van der Waals surface area contributed by atoms with Crippen LogP contribution in [0.5, 0.6) is 0 Å². The van der Waals surface area contributed by atoms with E-state index in [0.717, 1.165) is 0 Å². The number of rotatable bonds is 3. The third-order valence-electron chi connectivity index (χ3n) is 6.74. The Morgan fingerprint density at radius 3 is 2.41 bits per heavy atom. The molecule has 0 aromatic carbocycles. The fraction of sp³-hybridized carbons (Fsp3) is 0.667. The number of carbonyl (C=O) groups excluding carboxylic acids is 3. The largest absolute Gasteiger partial charge is 0.462 e. The Labute approximate surface area is 169 Å². The SMILES string of the molecule is C=C(C)C(=O)OC1C2C(=C)C(=O)OC2C(O)C2(C)C(OC(C)=O)CCC(C)(O)C12. The Kier molecular flexibility index (Phi) is 5.16. The molecule has 8 nitrogen and oxygen atoms in total. The van der Waals surface area contributed by atoms with E-state index in [2.05, 4.69) is 13.2 Å². The van der Waals surface area contributed by atoms with Crippen molar-refractivity contribution in [1.82, 2.24) is 0 Å².